The van der Waals surface area contributed by atoms with Crippen LogP contribution in [-0.2, 0) is 4.79 Å². The third-order valence-corrected chi connectivity index (χ3v) is 5.27. The molecule has 6 heteroatoms. The molecule has 29 heavy (non-hydrogen) atoms. The van der Waals surface area contributed by atoms with Crippen LogP contribution in [0.4, 0.5) is 5.69 Å². The second kappa shape index (κ2) is 9.47. The number of para-hydroxylation sites is 1. The summed E-state index contributed by atoms with van der Waals surface area (Å²) in [5.74, 6) is 1.40. The molecule has 2 heterocycles. The molecular weight excluding hydrogens is 366 g/mol. The lowest BCUT2D eigenvalue weighted by Crippen LogP contribution is -2.47. The normalized spacial score (nSPS) is 16.3. The number of carbonyl (C=O) groups is 1. The number of piperazine rings is 1. The Balaban J connectivity index is 1.13. The summed E-state index contributed by atoms with van der Waals surface area (Å²) in [5, 5.41) is 2.96. The van der Waals surface area contributed by atoms with Gasteiger partial charge in [0.2, 0.25) is 12.7 Å². The Bertz CT molecular complexity index is 846. The highest BCUT2D eigenvalue weighted by atomic mass is 16.7. The fourth-order valence-electron chi connectivity index (χ4n) is 3.63. The highest BCUT2D eigenvalue weighted by Crippen LogP contribution is 2.32. The predicted octanol–water partition coefficient (Wildman–Crippen LogP) is 2.76. The van der Waals surface area contributed by atoms with Crippen LogP contribution in [0.2, 0.25) is 0 Å². The summed E-state index contributed by atoms with van der Waals surface area (Å²) < 4.78 is 10.6. The smallest absolute Gasteiger partial charge is 0.243 e. The van der Waals surface area contributed by atoms with Crippen molar-refractivity contribution in [2.45, 2.75) is 6.42 Å². The topological polar surface area (TPSA) is 54.0 Å². The number of benzene rings is 2. The molecule has 1 saturated heterocycles. The van der Waals surface area contributed by atoms with Gasteiger partial charge in [0.25, 0.3) is 0 Å². The molecule has 1 N–H and O–H groups in total. The van der Waals surface area contributed by atoms with Crippen LogP contribution in [0.25, 0.3) is 6.08 Å². The van der Waals surface area contributed by atoms with E-state index in [-0.39, 0.29) is 12.7 Å². The molecule has 0 aromatic heterocycles. The number of hydrogen-bond acceptors (Lipinski definition) is 5. The second-order valence-corrected chi connectivity index (χ2v) is 7.25. The van der Waals surface area contributed by atoms with Gasteiger partial charge in [-0.05, 0) is 48.9 Å². The van der Waals surface area contributed by atoms with Crippen molar-refractivity contribution in [2.75, 3.05) is 51.0 Å². The molecule has 1 amide bonds. The summed E-state index contributed by atoms with van der Waals surface area (Å²) >= 11 is 0. The Morgan fingerprint density at radius 1 is 1.00 bits per heavy atom. The van der Waals surface area contributed by atoms with Crippen LogP contribution in [-0.4, -0.2) is 56.9 Å². The minimum atomic E-state index is -0.0726. The summed E-state index contributed by atoms with van der Waals surface area (Å²) in [5.41, 5.74) is 2.22. The van der Waals surface area contributed by atoms with E-state index in [0.717, 1.165) is 56.2 Å². The molecule has 0 saturated carbocycles. The predicted molar refractivity (Wildman–Crippen MR) is 114 cm³/mol. The number of carbonyl (C=O) groups excluding carboxylic acids is 1. The lowest BCUT2D eigenvalue weighted by Gasteiger charge is -2.36. The van der Waals surface area contributed by atoms with Gasteiger partial charge >= 0.3 is 0 Å². The fraction of sp³-hybridized carbons (Fsp3) is 0.348. The third kappa shape index (κ3) is 5.29. The Labute approximate surface area is 171 Å². The summed E-state index contributed by atoms with van der Waals surface area (Å²) in [6.07, 6.45) is 4.31. The van der Waals surface area contributed by atoms with Crippen molar-refractivity contribution in [1.82, 2.24) is 10.2 Å². The Kier molecular flexibility index (Phi) is 6.32. The molecule has 6 nitrogen and oxygen atoms in total. The first-order chi connectivity index (χ1) is 14.3. The van der Waals surface area contributed by atoms with Gasteiger partial charge in [0, 0.05) is 44.5 Å². The molecule has 2 aliphatic rings. The number of amides is 1. The van der Waals surface area contributed by atoms with Crippen LogP contribution in [0.5, 0.6) is 11.5 Å². The fourth-order valence-corrected chi connectivity index (χ4v) is 3.63. The van der Waals surface area contributed by atoms with Crippen LogP contribution in [0.15, 0.2) is 54.6 Å². The molecule has 0 atom stereocenters. The molecule has 0 aliphatic carbocycles. The van der Waals surface area contributed by atoms with E-state index in [1.165, 1.54) is 5.69 Å². The maximum atomic E-state index is 12.0. The third-order valence-electron chi connectivity index (χ3n) is 5.27. The van der Waals surface area contributed by atoms with Gasteiger partial charge in [-0.15, -0.1) is 0 Å². The Morgan fingerprint density at radius 3 is 2.62 bits per heavy atom. The van der Waals surface area contributed by atoms with E-state index < -0.39 is 0 Å². The molecule has 0 unspecified atom stereocenters. The largest absolute Gasteiger partial charge is 0.454 e. The van der Waals surface area contributed by atoms with Crippen molar-refractivity contribution in [3.63, 3.8) is 0 Å². The first kappa shape index (κ1) is 19.3. The molecule has 2 aromatic carbocycles. The van der Waals surface area contributed by atoms with E-state index in [1.807, 2.05) is 18.2 Å². The van der Waals surface area contributed by atoms with Crippen molar-refractivity contribution in [3.8, 4) is 11.5 Å². The van der Waals surface area contributed by atoms with Gasteiger partial charge in [-0.3, -0.25) is 9.69 Å². The molecular formula is C23H27N3O3. The van der Waals surface area contributed by atoms with E-state index >= 15 is 0 Å². The zero-order valence-electron chi connectivity index (χ0n) is 16.5. The van der Waals surface area contributed by atoms with Gasteiger partial charge in [-0.1, -0.05) is 24.3 Å². The summed E-state index contributed by atoms with van der Waals surface area (Å²) in [6.45, 7) is 6.17. The number of hydrogen-bond donors (Lipinski definition) is 1. The van der Waals surface area contributed by atoms with E-state index in [4.69, 9.17) is 9.47 Å². The SMILES string of the molecule is O=C(/C=C/c1ccc2c(c1)OCO2)NCCCN1CCN(c2ccccc2)CC1. The summed E-state index contributed by atoms with van der Waals surface area (Å²) in [6, 6.07) is 16.2. The second-order valence-electron chi connectivity index (χ2n) is 7.25. The van der Waals surface area contributed by atoms with Crippen molar-refractivity contribution in [1.29, 1.82) is 0 Å². The van der Waals surface area contributed by atoms with Crippen LogP contribution in [0.3, 0.4) is 0 Å². The molecule has 4 rings (SSSR count). The van der Waals surface area contributed by atoms with E-state index in [0.29, 0.717) is 6.54 Å². The van der Waals surface area contributed by atoms with Gasteiger partial charge in [0.1, 0.15) is 0 Å². The van der Waals surface area contributed by atoms with Crippen LogP contribution in [0.1, 0.15) is 12.0 Å². The summed E-state index contributed by atoms with van der Waals surface area (Å²) in [4.78, 5) is 16.9. The van der Waals surface area contributed by atoms with Crippen molar-refractivity contribution < 1.29 is 14.3 Å². The zero-order valence-corrected chi connectivity index (χ0v) is 16.5. The average molecular weight is 393 g/mol. The standard InChI is InChI=1S/C23H27N3O3/c27-23(10-8-19-7-9-21-22(17-19)29-18-28-21)24-11-4-12-25-13-15-26(16-14-25)20-5-2-1-3-6-20/h1-3,5-10,17H,4,11-16,18H2,(H,24,27)/b10-8+. The van der Waals surface area contributed by atoms with E-state index in [2.05, 4.69) is 45.4 Å². The van der Waals surface area contributed by atoms with E-state index in [1.54, 1.807) is 12.2 Å². The first-order valence-corrected chi connectivity index (χ1v) is 10.2. The minimum absolute atomic E-state index is 0.0726. The van der Waals surface area contributed by atoms with Crippen molar-refractivity contribution in [2.24, 2.45) is 0 Å². The molecule has 1 fully saturated rings. The van der Waals surface area contributed by atoms with Gasteiger partial charge in [-0.2, -0.15) is 0 Å². The number of nitrogens with zero attached hydrogens (tertiary/aromatic N) is 2. The minimum Gasteiger partial charge on any atom is -0.454 e. The summed E-state index contributed by atoms with van der Waals surface area (Å²) in [7, 11) is 0. The molecule has 152 valence electrons. The van der Waals surface area contributed by atoms with E-state index in [9.17, 15) is 4.79 Å². The molecule has 0 bridgehead atoms. The van der Waals surface area contributed by atoms with Crippen molar-refractivity contribution >= 4 is 17.7 Å². The highest BCUT2D eigenvalue weighted by Gasteiger charge is 2.16. The average Bonchev–Trinajstić information content (AvgIpc) is 3.24. The quantitative estimate of drug-likeness (QED) is 0.579. The first-order valence-electron chi connectivity index (χ1n) is 10.2. The number of anilines is 1. The van der Waals surface area contributed by atoms with Crippen LogP contribution < -0.4 is 19.7 Å². The Morgan fingerprint density at radius 2 is 1.79 bits per heavy atom. The molecule has 0 radical (unpaired) electrons. The highest BCUT2D eigenvalue weighted by molar-refractivity contribution is 5.91. The number of nitrogens with one attached hydrogen (secondary N) is 1. The molecule has 0 spiro atoms. The van der Waals surface area contributed by atoms with Crippen molar-refractivity contribution in [3.05, 3.63) is 60.2 Å². The number of ether oxygens (including phenoxy) is 2. The lowest BCUT2D eigenvalue weighted by atomic mass is 10.2. The molecule has 2 aromatic rings. The van der Waals surface area contributed by atoms with Gasteiger partial charge < -0.3 is 19.7 Å². The van der Waals surface area contributed by atoms with Gasteiger partial charge in [0.05, 0.1) is 0 Å². The van der Waals surface area contributed by atoms with Gasteiger partial charge in [-0.25, -0.2) is 0 Å². The van der Waals surface area contributed by atoms with Crippen LogP contribution in [0, 0.1) is 0 Å². The maximum Gasteiger partial charge on any atom is 0.243 e. The monoisotopic (exact) mass is 393 g/mol. The Hall–Kier alpha value is -2.99. The maximum absolute atomic E-state index is 12.0. The zero-order chi connectivity index (χ0) is 19.9. The van der Waals surface area contributed by atoms with Crippen LogP contribution >= 0.6 is 0 Å². The van der Waals surface area contributed by atoms with Gasteiger partial charge in [0.15, 0.2) is 11.5 Å². The number of fused-ring (bicyclic) bond motifs is 1. The molecule has 2 aliphatic heterocycles. The number of rotatable bonds is 7. The lowest BCUT2D eigenvalue weighted by molar-refractivity contribution is -0.116.